The first-order valence-corrected chi connectivity index (χ1v) is 3.34. The van der Waals surface area contributed by atoms with Crippen molar-refractivity contribution in [3.63, 3.8) is 0 Å². The molecule has 11 heavy (non-hydrogen) atoms. The quantitative estimate of drug-likeness (QED) is 0.595. The van der Waals surface area contributed by atoms with Gasteiger partial charge < -0.3 is 5.73 Å². The van der Waals surface area contributed by atoms with Crippen LogP contribution in [0.15, 0.2) is 18.5 Å². The van der Waals surface area contributed by atoms with E-state index in [0.29, 0.717) is 5.82 Å². The highest BCUT2D eigenvalue weighted by atomic mass is 15.3. The van der Waals surface area contributed by atoms with E-state index >= 15 is 0 Å². The Morgan fingerprint density at radius 2 is 2.36 bits per heavy atom. The lowest BCUT2D eigenvalue weighted by Crippen LogP contribution is -1.98. The average molecular weight is 148 g/mol. The largest absolute Gasteiger partial charge is 0.382 e. The smallest absolute Gasteiger partial charge is 0.156 e. The van der Waals surface area contributed by atoms with Gasteiger partial charge in [0, 0.05) is 12.4 Å². The van der Waals surface area contributed by atoms with E-state index in [2.05, 4.69) is 10.1 Å². The number of aromatic nitrogens is 3. The second-order valence-electron chi connectivity index (χ2n) is 2.45. The summed E-state index contributed by atoms with van der Waals surface area (Å²) in [5.74, 6) is 0.521. The van der Waals surface area contributed by atoms with E-state index in [9.17, 15) is 0 Å². The molecule has 0 amide bonds. The Labute approximate surface area is 63.7 Å². The molecule has 2 heterocycles. The van der Waals surface area contributed by atoms with Crippen LogP contribution >= 0.6 is 0 Å². The van der Waals surface area contributed by atoms with Crippen molar-refractivity contribution in [3.05, 3.63) is 24.0 Å². The molecular formula is C7H8N4. The molecule has 2 N–H and O–H groups in total. The lowest BCUT2D eigenvalue weighted by molar-refractivity contribution is 0.937. The number of nitrogens with two attached hydrogens (primary N) is 1. The van der Waals surface area contributed by atoms with Gasteiger partial charge in [0.15, 0.2) is 5.65 Å². The van der Waals surface area contributed by atoms with Crippen molar-refractivity contribution in [2.75, 3.05) is 5.73 Å². The number of fused-ring (bicyclic) bond motifs is 1. The van der Waals surface area contributed by atoms with E-state index in [0.717, 1.165) is 11.2 Å². The minimum Gasteiger partial charge on any atom is -0.382 e. The molecule has 0 bridgehead atoms. The molecule has 0 aromatic carbocycles. The van der Waals surface area contributed by atoms with Crippen LogP contribution in [0.4, 0.5) is 5.82 Å². The molecule has 4 nitrogen and oxygen atoms in total. The molecule has 2 aromatic heterocycles. The van der Waals surface area contributed by atoms with Crippen molar-refractivity contribution in [2.24, 2.45) is 0 Å². The summed E-state index contributed by atoms with van der Waals surface area (Å²) in [6, 6.07) is 1.81. The monoisotopic (exact) mass is 148 g/mol. The number of hydrogen-bond donors (Lipinski definition) is 1. The predicted molar refractivity (Wildman–Crippen MR) is 42.1 cm³/mol. The second-order valence-corrected chi connectivity index (χ2v) is 2.45. The zero-order valence-corrected chi connectivity index (χ0v) is 6.15. The fraction of sp³-hybridized carbons (Fsp3) is 0.143. The third kappa shape index (κ3) is 0.832. The van der Waals surface area contributed by atoms with E-state index in [1.165, 1.54) is 0 Å². The third-order valence-corrected chi connectivity index (χ3v) is 1.56. The van der Waals surface area contributed by atoms with Crippen molar-refractivity contribution in [1.82, 2.24) is 14.6 Å². The normalized spacial score (nSPS) is 10.6. The zero-order chi connectivity index (χ0) is 7.84. The van der Waals surface area contributed by atoms with E-state index in [1.807, 2.05) is 13.0 Å². The summed E-state index contributed by atoms with van der Waals surface area (Å²) in [4.78, 5) is 4.10. The molecule has 0 aliphatic heterocycles. The number of nitrogens with zero attached hydrogens (tertiary/aromatic N) is 3. The molecule has 0 saturated heterocycles. The zero-order valence-electron chi connectivity index (χ0n) is 6.15. The summed E-state index contributed by atoms with van der Waals surface area (Å²) in [6.45, 7) is 1.96. The Bertz CT molecular complexity index is 390. The Kier molecular flexibility index (Phi) is 1.09. The van der Waals surface area contributed by atoms with Gasteiger partial charge in [-0.1, -0.05) is 0 Å². The molecular weight excluding hydrogens is 140 g/mol. The van der Waals surface area contributed by atoms with Crippen LogP contribution in [0.25, 0.3) is 5.65 Å². The summed E-state index contributed by atoms with van der Waals surface area (Å²) >= 11 is 0. The van der Waals surface area contributed by atoms with Crippen molar-refractivity contribution in [1.29, 1.82) is 0 Å². The molecule has 56 valence electrons. The lowest BCUT2D eigenvalue weighted by Gasteiger charge is -1.97. The summed E-state index contributed by atoms with van der Waals surface area (Å²) in [7, 11) is 0. The lowest BCUT2D eigenvalue weighted by atomic mass is 10.3. The Balaban J connectivity index is 2.91. The molecule has 4 heteroatoms. The summed E-state index contributed by atoms with van der Waals surface area (Å²) in [5.41, 5.74) is 7.43. The molecule has 0 fully saturated rings. The first-order chi connectivity index (χ1) is 5.27. The third-order valence-electron chi connectivity index (χ3n) is 1.56. The molecule has 0 atom stereocenters. The number of aryl methyl sites for hydroxylation is 1. The van der Waals surface area contributed by atoms with Crippen LogP contribution in [0.5, 0.6) is 0 Å². The van der Waals surface area contributed by atoms with Gasteiger partial charge >= 0.3 is 0 Å². The van der Waals surface area contributed by atoms with Crippen molar-refractivity contribution >= 4 is 11.5 Å². The fourth-order valence-electron chi connectivity index (χ4n) is 1.10. The molecule has 0 spiro atoms. The molecule has 0 saturated carbocycles. The highest BCUT2D eigenvalue weighted by Gasteiger charge is 1.99. The van der Waals surface area contributed by atoms with Gasteiger partial charge in [-0.25, -0.2) is 9.50 Å². The maximum atomic E-state index is 5.52. The Hall–Kier alpha value is -1.58. The van der Waals surface area contributed by atoms with E-state index in [-0.39, 0.29) is 0 Å². The SMILES string of the molecule is Cc1cc(N)nn2ccnc12. The summed E-state index contributed by atoms with van der Waals surface area (Å²) < 4.78 is 1.67. The van der Waals surface area contributed by atoms with Crippen LogP contribution < -0.4 is 5.73 Å². The standard InChI is InChI=1S/C7H8N4/c1-5-4-6(8)10-11-3-2-9-7(5)11/h2-4H,1H3,(H2,8,10). The number of rotatable bonds is 0. The Morgan fingerprint density at radius 1 is 1.55 bits per heavy atom. The predicted octanol–water partition coefficient (Wildman–Crippen LogP) is 0.620. The number of imidazole rings is 1. The van der Waals surface area contributed by atoms with Crippen LogP contribution in [-0.2, 0) is 0 Å². The van der Waals surface area contributed by atoms with Crippen LogP contribution in [0.3, 0.4) is 0 Å². The molecule has 0 radical (unpaired) electrons. The first-order valence-electron chi connectivity index (χ1n) is 3.34. The maximum absolute atomic E-state index is 5.52. The van der Waals surface area contributed by atoms with E-state index in [1.54, 1.807) is 16.9 Å². The molecule has 2 rings (SSSR count). The Morgan fingerprint density at radius 3 is 3.18 bits per heavy atom. The first kappa shape index (κ1) is 6.15. The van der Waals surface area contributed by atoms with Gasteiger partial charge in [0.05, 0.1) is 0 Å². The van der Waals surface area contributed by atoms with Gasteiger partial charge in [-0.05, 0) is 18.6 Å². The van der Waals surface area contributed by atoms with Crippen molar-refractivity contribution < 1.29 is 0 Å². The van der Waals surface area contributed by atoms with Crippen LogP contribution in [-0.4, -0.2) is 14.6 Å². The topological polar surface area (TPSA) is 56.2 Å². The van der Waals surface area contributed by atoms with Gasteiger partial charge in [-0.3, -0.25) is 0 Å². The van der Waals surface area contributed by atoms with Crippen LogP contribution in [0.2, 0.25) is 0 Å². The van der Waals surface area contributed by atoms with E-state index < -0.39 is 0 Å². The second kappa shape index (κ2) is 1.95. The summed E-state index contributed by atoms with van der Waals surface area (Å²) in [6.07, 6.45) is 3.48. The molecule has 0 aliphatic carbocycles. The fourth-order valence-corrected chi connectivity index (χ4v) is 1.10. The van der Waals surface area contributed by atoms with Gasteiger partial charge in [0.25, 0.3) is 0 Å². The number of anilines is 1. The molecule has 0 unspecified atom stereocenters. The maximum Gasteiger partial charge on any atom is 0.156 e. The number of nitrogen functional groups attached to an aromatic ring is 1. The molecule has 2 aromatic rings. The van der Waals surface area contributed by atoms with Crippen LogP contribution in [0.1, 0.15) is 5.56 Å². The van der Waals surface area contributed by atoms with E-state index in [4.69, 9.17) is 5.73 Å². The van der Waals surface area contributed by atoms with Crippen LogP contribution in [0, 0.1) is 6.92 Å². The van der Waals surface area contributed by atoms with Gasteiger partial charge in [-0.15, -0.1) is 5.10 Å². The summed E-state index contributed by atoms with van der Waals surface area (Å²) in [5, 5.41) is 4.03. The highest BCUT2D eigenvalue weighted by Crippen LogP contribution is 2.08. The van der Waals surface area contributed by atoms with Crippen molar-refractivity contribution in [3.8, 4) is 0 Å². The highest BCUT2D eigenvalue weighted by molar-refractivity contribution is 5.49. The molecule has 0 aliphatic rings. The minimum atomic E-state index is 0.521. The van der Waals surface area contributed by atoms with Gasteiger partial charge in [0.2, 0.25) is 0 Å². The van der Waals surface area contributed by atoms with Crippen molar-refractivity contribution in [2.45, 2.75) is 6.92 Å². The van der Waals surface area contributed by atoms with Gasteiger partial charge in [-0.2, -0.15) is 0 Å². The minimum absolute atomic E-state index is 0.521. The average Bonchev–Trinajstić information content (AvgIpc) is 2.34. The number of hydrogen-bond acceptors (Lipinski definition) is 3. The van der Waals surface area contributed by atoms with Gasteiger partial charge in [0.1, 0.15) is 5.82 Å².